The standard InChI is InChI=1S/C18H21ClN6O2.HI/c1-12(27-14-7-5-13(19)6-8-14)10-21-18(20-2)22-11-16-23-17(25-24-16)15-4-3-9-26-15;/h3-9,12H,10-11H2,1-2H3,(H2,20,21,22)(H,23,24,25);1H. The van der Waals surface area contributed by atoms with E-state index in [9.17, 15) is 0 Å². The molecule has 2 aromatic heterocycles. The highest BCUT2D eigenvalue weighted by atomic mass is 127. The zero-order valence-corrected chi connectivity index (χ0v) is 18.6. The topological polar surface area (TPSA) is 100 Å². The number of furan rings is 1. The predicted molar refractivity (Wildman–Crippen MR) is 119 cm³/mol. The molecule has 0 bridgehead atoms. The fourth-order valence-corrected chi connectivity index (χ4v) is 2.43. The van der Waals surface area contributed by atoms with Crippen LogP contribution in [0.1, 0.15) is 12.7 Å². The van der Waals surface area contributed by atoms with E-state index in [4.69, 9.17) is 20.8 Å². The van der Waals surface area contributed by atoms with Gasteiger partial charge in [0.1, 0.15) is 17.7 Å². The van der Waals surface area contributed by atoms with Crippen LogP contribution in [0.3, 0.4) is 0 Å². The molecule has 1 unspecified atom stereocenters. The van der Waals surface area contributed by atoms with Gasteiger partial charge in [-0.1, -0.05) is 11.6 Å². The van der Waals surface area contributed by atoms with Gasteiger partial charge in [-0.05, 0) is 43.3 Å². The van der Waals surface area contributed by atoms with E-state index in [1.165, 1.54) is 0 Å². The zero-order valence-electron chi connectivity index (χ0n) is 15.5. The van der Waals surface area contributed by atoms with E-state index < -0.39 is 0 Å². The summed E-state index contributed by atoms with van der Waals surface area (Å²) < 4.78 is 11.1. The number of aromatic amines is 1. The van der Waals surface area contributed by atoms with Gasteiger partial charge < -0.3 is 19.8 Å². The molecule has 0 spiro atoms. The Morgan fingerprint density at radius 1 is 1.29 bits per heavy atom. The highest BCUT2D eigenvalue weighted by Crippen LogP contribution is 2.16. The number of aliphatic imine (C=N–C) groups is 1. The lowest BCUT2D eigenvalue weighted by atomic mass is 10.3. The Morgan fingerprint density at radius 2 is 2.07 bits per heavy atom. The van der Waals surface area contributed by atoms with E-state index in [0.29, 0.717) is 41.5 Å². The first-order chi connectivity index (χ1) is 13.1. The third-order valence-electron chi connectivity index (χ3n) is 3.63. The van der Waals surface area contributed by atoms with Crippen LogP contribution in [0.4, 0.5) is 0 Å². The Balaban J connectivity index is 0.00000280. The van der Waals surface area contributed by atoms with Crippen LogP contribution in [-0.4, -0.2) is 40.8 Å². The third kappa shape index (κ3) is 6.41. The SMILES string of the molecule is CN=C(NCc1nc(-c2ccco2)n[nH]1)NCC(C)Oc1ccc(Cl)cc1.I. The monoisotopic (exact) mass is 516 g/mol. The van der Waals surface area contributed by atoms with Crippen LogP contribution in [0.5, 0.6) is 5.75 Å². The molecular weight excluding hydrogens is 495 g/mol. The largest absolute Gasteiger partial charge is 0.489 e. The van der Waals surface area contributed by atoms with Crippen LogP contribution in [-0.2, 0) is 6.54 Å². The molecule has 1 atom stereocenters. The average molecular weight is 517 g/mol. The van der Waals surface area contributed by atoms with Crippen LogP contribution in [0.15, 0.2) is 52.1 Å². The van der Waals surface area contributed by atoms with Gasteiger partial charge in [-0.3, -0.25) is 10.1 Å². The molecule has 10 heteroatoms. The van der Waals surface area contributed by atoms with E-state index in [-0.39, 0.29) is 30.1 Å². The van der Waals surface area contributed by atoms with Crippen molar-refractivity contribution in [2.24, 2.45) is 4.99 Å². The predicted octanol–water partition coefficient (Wildman–Crippen LogP) is 3.47. The van der Waals surface area contributed by atoms with Gasteiger partial charge in [0, 0.05) is 12.1 Å². The zero-order chi connectivity index (χ0) is 19.1. The molecule has 0 aliphatic carbocycles. The summed E-state index contributed by atoms with van der Waals surface area (Å²) in [6.07, 6.45) is 1.53. The van der Waals surface area contributed by atoms with Crippen LogP contribution in [0, 0.1) is 0 Å². The van der Waals surface area contributed by atoms with Crippen molar-refractivity contribution < 1.29 is 9.15 Å². The number of nitrogens with zero attached hydrogens (tertiary/aromatic N) is 3. The summed E-state index contributed by atoms with van der Waals surface area (Å²) in [4.78, 5) is 8.57. The highest BCUT2D eigenvalue weighted by molar-refractivity contribution is 14.0. The van der Waals surface area contributed by atoms with Gasteiger partial charge in [-0.15, -0.1) is 29.1 Å². The second-order valence-corrected chi connectivity index (χ2v) is 6.21. The molecule has 2 heterocycles. The number of aromatic nitrogens is 3. The van der Waals surface area contributed by atoms with Crippen LogP contribution >= 0.6 is 35.6 Å². The van der Waals surface area contributed by atoms with Crippen LogP contribution in [0.25, 0.3) is 11.6 Å². The lowest BCUT2D eigenvalue weighted by molar-refractivity contribution is 0.224. The highest BCUT2D eigenvalue weighted by Gasteiger charge is 2.09. The molecule has 0 radical (unpaired) electrons. The molecule has 150 valence electrons. The van der Waals surface area contributed by atoms with Gasteiger partial charge in [0.25, 0.3) is 0 Å². The second kappa shape index (κ2) is 10.9. The van der Waals surface area contributed by atoms with E-state index in [1.54, 1.807) is 31.5 Å². The summed E-state index contributed by atoms with van der Waals surface area (Å²) >= 11 is 5.88. The van der Waals surface area contributed by atoms with Gasteiger partial charge in [0.2, 0.25) is 5.82 Å². The molecule has 0 saturated carbocycles. The molecule has 0 saturated heterocycles. The number of halogens is 2. The van der Waals surface area contributed by atoms with E-state index in [1.807, 2.05) is 25.1 Å². The van der Waals surface area contributed by atoms with Crippen molar-refractivity contribution in [1.29, 1.82) is 0 Å². The lowest BCUT2D eigenvalue weighted by Gasteiger charge is -2.17. The fourth-order valence-electron chi connectivity index (χ4n) is 2.31. The number of guanidine groups is 1. The van der Waals surface area contributed by atoms with Gasteiger partial charge in [0.15, 0.2) is 11.7 Å². The number of rotatable bonds is 7. The van der Waals surface area contributed by atoms with Crippen molar-refractivity contribution in [2.75, 3.05) is 13.6 Å². The molecule has 8 nitrogen and oxygen atoms in total. The Kier molecular flexibility index (Phi) is 8.58. The molecule has 1 aromatic carbocycles. The molecule has 3 aromatic rings. The molecule has 3 rings (SSSR count). The first kappa shape index (κ1) is 22.0. The summed E-state index contributed by atoms with van der Waals surface area (Å²) in [5, 5.41) is 14.1. The molecule has 3 N–H and O–H groups in total. The Bertz CT molecular complexity index is 867. The minimum atomic E-state index is -0.0550. The van der Waals surface area contributed by atoms with Crippen LogP contribution < -0.4 is 15.4 Å². The fraction of sp³-hybridized carbons (Fsp3) is 0.278. The first-order valence-electron chi connectivity index (χ1n) is 8.46. The maximum Gasteiger partial charge on any atom is 0.216 e. The maximum absolute atomic E-state index is 5.88. The lowest BCUT2D eigenvalue weighted by Crippen LogP contribution is -2.41. The number of hydrogen-bond acceptors (Lipinski definition) is 5. The molecule has 0 amide bonds. The smallest absolute Gasteiger partial charge is 0.216 e. The minimum Gasteiger partial charge on any atom is -0.489 e. The van der Waals surface area contributed by atoms with Crippen molar-refractivity contribution in [2.45, 2.75) is 19.6 Å². The summed E-state index contributed by atoms with van der Waals surface area (Å²) in [6, 6.07) is 10.9. The van der Waals surface area contributed by atoms with Gasteiger partial charge in [-0.25, -0.2) is 4.98 Å². The van der Waals surface area contributed by atoms with Crippen molar-refractivity contribution in [3.8, 4) is 17.3 Å². The second-order valence-electron chi connectivity index (χ2n) is 5.77. The first-order valence-corrected chi connectivity index (χ1v) is 8.83. The molecule has 28 heavy (non-hydrogen) atoms. The van der Waals surface area contributed by atoms with Gasteiger partial charge in [0.05, 0.1) is 19.4 Å². The van der Waals surface area contributed by atoms with E-state index in [0.717, 1.165) is 5.75 Å². The normalized spacial score (nSPS) is 12.2. The number of H-pyrrole nitrogens is 1. The van der Waals surface area contributed by atoms with Crippen molar-refractivity contribution in [1.82, 2.24) is 25.8 Å². The molecular formula is C18H22ClIN6O2. The van der Waals surface area contributed by atoms with E-state index >= 15 is 0 Å². The quantitative estimate of drug-likeness (QED) is 0.253. The number of hydrogen-bond donors (Lipinski definition) is 3. The van der Waals surface area contributed by atoms with Crippen molar-refractivity contribution in [3.05, 3.63) is 53.5 Å². The number of ether oxygens (including phenoxy) is 1. The Hall–Kier alpha value is -2.27. The molecule has 0 aliphatic rings. The van der Waals surface area contributed by atoms with E-state index in [2.05, 4.69) is 30.8 Å². The summed E-state index contributed by atoms with van der Waals surface area (Å²) in [6.45, 7) is 3.00. The van der Waals surface area contributed by atoms with Crippen molar-refractivity contribution >= 4 is 41.5 Å². The van der Waals surface area contributed by atoms with Crippen LogP contribution in [0.2, 0.25) is 5.02 Å². The summed E-state index contributed by atoms with van der Waals surface area (Å²) in [5.41, 5.74) is 0. The number of nitrogens with one attached hydrogen (secondary N) is 3. The third-order valence-corrected chi connectivity index (χ3v) is 3.88. The average Bonchev–Trinajstić information content (AvgIpc) is 3.35. The minimum absolute atomic E-state index is 0. The van der Waals surface area contributed by atoms with Gasteiger partial charge >= 0.3 is 0 Å². The number of benzene rings is 1. The van der Waals surface area contributed by atoms with Gasteiger partial charge in [-0.2, -0.15) is 0 Å². The Morgan fingerprint density at radius 3 is 2.75 bits per heavy atom. The van der Waals surface area contributed by atoms with Crippen molar-refractivity contribution in [3.63, 3.8) is 0 Å². The summed E-state index contributed by atoms with van der Waals surface area (Å²) in [5.74, 6) is 3.22. The Labute approximate surface area is 185 Å². The maximum atomic E-state index is 5.88. The summed E-state index contributed by atoms with van der Waals surface area (Å²) in [7, 11) is 1.70. The molecule has 0 aliphatic heterocycles. The molecule has 0 fully saturated rings.